The van der Waals surface area contributed by atoms with Gasteiger partial charge in [-0.1, -0.05) is 23.7 Å². The van der Waals surface area contributed by atoms with Gasteiger partial charge in [0.05, 0.1) is 17.5 Å². The normalized spacial score (nSPS) is 20.4. The van der Waals surface area contributed by atoms with Crippen molar-refractivity contribution in [1.82, 2.24) is 10.3 Å². The summed E-state index contributed by atoms with van der Waals surface area (Å²) < 4.78 is 19.3. The molecule has 1 N–H and O–H groups in total. The SMILES string of the molecule is O=C(Cc1cccnc1)NC1CCOC1c1ccc(Cl)c(F)c1. The number of nitrogens with zero attached hydrogens (tertiary/aromatic N) is 1. The Morgan fingerprint density at radius 1 is 1.43 bits per heavy atom. The minimum absolute atomic E-state index is 0.0731. The summed E-state index contributed by atoms with van der Waals surface area (Å²) >= 11 is 5.71. The molecule has 1 aliphatic rings. The lowest BCUT2D eigenvalue weighted by molar-refractivity contribution is -0.121. The summed E-state index contributed by atoms with van der Waals surface area (Å²) in [6, 6.07) is 8.05. The number of hydrogen-bond acceptors (Lipinski definition) is 3. The van der Waals surface area contributed by atoms with Crippen molar-refractivity contribution in [3.63, 3.8) is 0 Å². The van der Waals surface area contributed by atoms with E-state index in [0.717, 1.165) is 5.56 Å². The van der Waals surface area contributed by atoms with Crippen LogP contribution >= 0.6 is 11.6 Å². The molecule has 1 aromatic heterocycles. The molecule has 2 atom stereocenters. The molecular formula is C17H16ClFN2O2. The Morgan fingerprint density at radius 2 is 2.30 bits per heavy atom. The lowest BCUT2D eigenvalue weighted by atomic mass is 10.0. The van der Waals surface area contributed by atoms with E-state index in [4.69, 9.17) is 16.3 Å². The quantitative estimate of drug-likeness (QED) is 0.935. The topological polar surface area (TPSA) is 51.2 Å². The van der Waals surface area contributed by atoms with Gasteiger partial charge in [-0.05, 0) is 35.7 Å². The third-order valence-electron chi connectivity index (χ3n) is 3.80. The van der Waals surface area contributed by atoms with Crippen LogP contribution in [0.2, 0.25) is 5.02 Å². The number of carbonyl (C=O) groups excluding carboxylic acids is 1. The molecule has 0 bridgehead atoms. The van der Waals surface area contributed by atoms with Crippen molar-refractivity contribution in [3.8, 4) is 0 Å². The largest absolute Gasteiger partial charge is 0.371 e. The van der Waals surface area contributed by atoms with Crippen molar-refractivity contribution in [2.75, 3.05) is 6.61 Å². The highest BCUT2D eigenvalue weighted by atomic mass is 35.5. The molecule has 120 valence electrons. The van der Waals surface area contributed by atoms with Gasteiger partial charge in [-0.3, -0.25) is 9.78 Å². The van der Waals surface area contributed by atoms with Crippen LogP contribution in [0, 0.1) is 5.82 Å². The number of aromatic nitrogens is 1. The number of amides is 1. The Kier molecular flexibility index (Phi) is 4.88. The average molecular weight is 335 g/mol. The van der Waals surface area contributed by atoms with E-state index in [1.54, 1.807) is 24.5 Å². The number of halogens is 2. The van der Waals surface area contributed by atoms with E-state index in [1.165, 1.54) is 12.1 Å². The zero-order valence-electron chi connectivity index (χ0n) is 12.3. The molecule has 1 saturated heterocycles. The number of hydrogen-bond donors (Lipinski definition) is 1. The first-order valence-electron chi connectivity index (χ1n) is 7.38. The third kappa shape index (κ3) is 3.86. The first kappa shape index (κ1) is 15.9. The van der Waals surface area contributed by atoms with Gasteiger partial charge >= 0.3 is 0 Å². The van der Waals surface area contributed by atoms with Crippen LogP contribution in [0.3, 0.4) is 0 Å². The Bertz CT molecular complexity index is 696. The fourth-order valence-corrected chi connectivity index (χ4v) is 2.82. The van der Waals surface area contributed by atoms with Crippen molar-refractivity contribution >= 4 is 17.5 Å². The summed E-state index contributed by atoms with van der Waals surface area (Å²) in [5.74, 6) is -0.590. The molecule has 0 aliphatic carbocycles. The number of benzene rings is 1. The van der Waals surface area contributed by atoms with E-state index >= 15 is 0 Å². The molecule has 4 nitrogen and oxygen atoms in total. The molecule has 2 unspecified atom stereocenters. The summed E-state index contributed by atoms with van der Waals surface area (Å²) in [7, 11) is 0. The smallest absolute Gasteiger partial charge is 0.224 e. The van der Waals surface area contributed by atoms with Crippen LogP contribution in [-0.4, -0.2) is 23.5 Å². The van der Waals surface area contributed by atoms with E-state index in [-0.39, 0.29) is 29.5 Å². The molecule has 1 fully saturated rings. The lowest BCUT2D eigenvalue weighted by Crippen LogP contribution is -2.37. The maximum atomic E-state index is 13.6. The van der Waals surface area contributed by atoms with Crippen LogP contribution in [0.15, 0.2) is 42.7 Å². The van der Waals surface area contributed by atoms with Gasteiger partial charge in [0.1, 0.15) is 11.9 Å². The Morgan fingerprint density at radius 3 is 3.04 bits per heavy atom. The van der Waals surface area contributed by atoms with Gasteiger partial charge in [0, 0.05) is 19.0 Å². The Balaban J connectivity index is 1.67. The van der Waals surface area contributed by atoms with Crippen molar-refractivity contribution in [2.45, 2.75) is 25.0 Å². The summed E-state index contributed by atoms with van der Waals surface area (Å²) in [5, 5.41) is 3.04. The molecule has 2 aromatic rings. The molecule has 3 rings (SSSR count). The van der Waals surface area contributed by atoms with Gasteiger partial charge in [0.2, 0.25) is 5.91 Å². The monoisotopic (exact) mass is 334 g/mol. The minimum Gasteiger partial charge on any atom is -0.371 e. The number of ether oxygens (including phenoxy) is 1. The second-order valence-corrected chi connectivity index (χ2v) is 5.87. The van der Waals surface area contributed by atoms with Crippen molar-refractivity contribution in [1.29, 1.82) is 0 Å². The van der Waals surface area contributed by atoms with Crippen LogP contribution < -0.4 is 5.32 Å². The number of nitrogens with one attached hydrogen (secondary N) is 1. The van der Waals surface area contributed by atoms with Gasteiger partial charge in [0.15, 0.2) is 0 Å². The highest BCUT2D eigenvalue weighted by Gasteiger charge is 2.31. The zero-order chi connectivity index (χ0) is 16.2. The lowest BCUT2D eigenvalue weighted by Gasteiger charge is -2.20. The van der Waals surface area contributed by atoms with Gasteiger partial charge < -0.3 is 10.1 Å². The van der Waals surface area contributed by atoms with Crippen molar-refractivity contribution in [2.24, 2.45) is 0 Å². The third-order valence-corrected chi connectivity index (χ3v) is 4.10. The summed E-state index contributed by atoms with van der Waals surface area (Å²) in [5.41, 5.74) is 1.52. The highest BCUT2D eigenvalue weighted by Crippen LogP contribution is 2.31. The summed E-state index contributed by atoms with van der Waals surface area (Å²) in [4.78, 5) is 16.2. The van der Waals surface area contributed by atoms with Crippen LogP contribution in [0.4, 0.5) is 4.39 Å². The second-order valence-electron chi connectivity index (χ2n) is 5.47. The number of rotatable bonds is 4. The van der Waals surface area contributed by atoms with Crippen LogP contribution in [0.1, 0.15) is 23.7 Å². The number of pyridine rings is 1. The van der Waals surface area contributed by atoms with Crippen LogP contribution in [-0.2, 0) is 16.0 Å². The summed E-state index contributed by atoms with van der Waals surface area (Å²) in [6.07, 6.45) is 3.91. The Hall–Kier alpha value is -1.98. The van der Waals surface area contributed by atoms with E-state index in [2.05, 4.69) is 10.3 Å². The maximum absolute atomic E-state index is 13.6. The molecule has 6 heteroatoms. The highest BCUT2D eigenvalue weighted by molar-refractivity contribution is 6.30. The standard InChI is InChI=1S/C17H16ClFN2O2/c18-13-4-3-12(9-14(13)19)17-15(5-7-23-17)21-16(22)8-11-2-1-6-20-10-11/h1-4,6,9-10,15,17H,5,7-8H2,(H,21,22). The molecule has 0 saturated carbocycles. The first-order chi connectivity index (χ1) is 11.1. The van der Waals surface area contributed by atoms with Gasteiger partial charge in [-0.25, -0.2) is 4.39 Å². The van der Waals surface area contributed by atoms with E-state index in [0.29, 0.717) is 18.6 Å². The predicted molar refractivity (Wildman–Crippen MR) is 84.6 cm³/mol. The molecule has 1 amide bonds. The fraction of sp³-hybridized carbons (Fsp3) is 0.294. The number of carbonyl (C=O) groups is 1. The van der Waals surface area contributed by atoms with E-state index in [1.807, 2.05) is 6.07 Å². The molecule has 1 aliphatic heterocycles. The van der Waals surface area contributed by atoms with Crippen molar-refractivity contribution < 1.29 is 13.9 Å². The molecule has 1 aromatic carbocycles. The van der Waals surface area contributed by atoms with E-state index in [9.17, 15) is 9.18 Å². The zero-order valence-corrected chi connectivity index (χ0v) is 13.1. The second kappa shape index (κ2) is 7.06. The average Bonchev–Trinajstić information content (AvgIpc) is 2.99. The predicted octanol–water partition coefficient (Wildman–Crippen LogP) is 3.06. The molecular weight excluding hydrogens is 319 g/mol. The Labute approximate surface area is 138 Å². The van der Waals surface area contributed by atoms with E-state index < -0.39 is 5.82 Å². The van der Waals surface area contributed by atoms with Crippen LogP contribution in [0.5, 0.6) is 0 Å². The molecule has 0 radical (unpaired) electrons. The van der Waals surface area contributed by atoms with Crippen LogP contribution in [0.25, 0.3) is 0 Å². The molecule has 0 spiro atoms. The molecule has 23 heavy (non-hydrogen) atoms. The summed E-state index contributed by atoms with van der Waals surface area (Å²) in [6.45, 7) is 0.521. The maximum Gasteiger partial charge on any atom is 0.224 e. The van der Waals surface area contributed by atoms with Gasteiger partial charge in [-0.15, -0.1) is 0 Å². The van der Waals surface area contributed by atoms with Crippen molar-refractivity contribution in [3.05, 3.63) is 64.7 Å². The van der Waals surface area contributed by atoms with Gasteiger partial charge in [-0.2, -0.15) is 0 Å². The first-order valence-corrected chi connectivity index (χ1v) is 7.76. The fourth-order valence-electron chi connectivity index (χ4n) is 2.70. The van der Waals surface area contributed by atoms with Gasteiger partial charge in [0.25, 0.3) is 0 Å². The molecule has 2 heterocycles. The minimum atomic E-state index is -0.486.